The van der Waals surface area contributed by atoms with Crippen LogP contribution >= 0.6 is 23.2 Å². The molecule has 0 saturated heterocycles. The zero-order valence-electron chi connectivity index (χ0n) is 15.6. The van der Waals surface area contributed by atoms with E-state index in [0.717, 1.165) is 11.6 Å². The second-order valence-corrected chi connectivity index (χ2v) is 7.40. The predicted molar refractivity (Wildman–Crippen MR) is 118 cm³/mol. The zero-order chi connectivity index (χ0) is 22.1. The fourth-order valence-corrected chi connectivity index (χ4v) is 3.36. The highest BCUT2D eigenvalue weighted by atomic mass is 35.5. The van der Waals surface area contributed by atoms with Gasteiger partial charge in [0.2, 0.25) is 0 Å². The molecule has 0 unspecified atom stereocenters. The average molecular weight is 455 g/mol. The Balaban J connectivity index is 1.96. The minimum absolute atomic E-state index is 0.0979. The van der Waals surface area contributed by atoms with Crippen molar-refractivity contribution < 1.29 is 9.85 Å². The Bertz CT molecular complexity index is 1300. The van der Waals surface area contributed by atoms with Crippen LogP contribution in [0.4, 0.5) is 11.4 Å². The van der Waals surface area contributed by atoms with Crippen molar-refractivity contribution in [1.82, 2.24) is 9.78 Å². The molecular weight excluding hydrogens is 443 g/mol. The Morgan fingerprint density at radius 1 is 0.742 bits per heavy atom. The molecule has 0 spiro atoms. The van der Waals surface area contributed by atoms with E-state index in [1.54, 1.807) is 54.6 Å². The maximum atomic E-state index is 11.7. The van der Waals surface area contributed by atoms with E-state index in [-0.39, 0.29) is 11.4 Å². The van der Waals surface area contributed by atoms with Gasteiger partial charge in [-0.1, -0.05) is 47.5 Å². The van der Waals surface area contributed by atoms with E-state index in [4.69, 9.17) is 23.2 Å². The van der Waals surface area contributed by atoms with E-state index in [9.17, 15) is 20.2 Å². The Morgan fingerprint density at radius 2 is 1.32 bits per heavy atom. The highest BCUT2D eigenvalue weighted by molar-refractivity contribution is 6.30. The number of hydrogen-bond donors (Lipinski definition) is 0. The van der Waals surface area contributed by atoms with Crippen molar-refractivity contribution in [3.63, 3.8) is 0 Å². The van der Waals surface area contributed by atoms with Crippen LogP contribution in [0.2, 0.25) is 10.0 Å². The largest absolute Gasteiger partial charge is 0.301 e. The number of nitrogens with zero attached hydrogens (tertiary/aromatic N) is 4. The summed E-state index contributed by atoms with van der Waals surface area (Å²) < 4.78 is 1.40. The molecule has 0 radical (unpaired) electrons. The molecule has 31 heavy (non-hydrogen) atoms. The standard InChI is InChI=1S/C21H12Cl2N4O4/c22-15-5-1-13(2-6-15)18-12-20(14-3-7-16(23)8-4-14)25(24-18)19-10-9-17(26(28)29)11-21(19)27(30)31/h1-12H. The Morgan fingerprint density at radius 3 is 1.87 bits per heavy atom. The molecule has 0 N–H and O–H groups in total. The average Bonchev–Trinajstić information content (AvgIpc) is 3.19. The van der Waals surface area contributed by atoms with Crippen molar-refractivity contribution >= 4 is 34.6 Å². The van der Waals surface area contributed by atoms with Gasteiger partial charge in [-0.2, -0.15) is 5.10 Å². The van der Waals surface area contributed by atoms with E-state index in [2.05, 4.69) is 5.10 Å². The number of nitro groups is 2. The van der Waals surface area contributed by atoms with Crippen LogP contribution in [0.3, 0.4) is 0 Å². The maximum Gasteiger partial charge on any atom is 0.301 e. The lowest BCUT2D eigenvalue weighted by atomic mass is 10.1. The van der Waals surface area contributed by atoms with Crippen molar-refractivity contribution in [3.05, 3.63) is 103 Å². The first-order chi connectivity index (χ1) is 14.8. The first-order valence-corrected chi connectivity index (χ1v) is 9.64. The summed E-state index contributed by atoms with van der Waals surface area (Å²) in [6, 6.07) is 19.1. The van der Waals surface area contributed by atoms with Crippen LogP contribution in [0.15, 0.2) is 72.8 Å². The quantitative estimate of drug-likeness (QED) is 0.258. The zero-order valence-corrected chi connectivity index (χ0v) is 17.1. The van der Waals surface area contributed by atoms with Gasteiger partial charge in [0, 0.05) is 27.2 Å². The Labute approximate surface area is 185 Å². The molecule has 3 aromatic carbocycles. The van der Waals surface area contributed by atoms with Crippen LogP contribution < -0.4 is 0 Å². The number of hydrogen-bond acceptors (Lipinski definition) is 5. The van der Waals surface area contributed by atoms with Gasteiger partial charge in [0.1, 0.15) is 5.69 Å². The number of halogens is 2. The van der Waals surface area contributed by atoms with Gasteiger partial charge >= 0.3 is 5.69 Å². The van der Waals surface area contributed by atoms with Gasteiger partial charge in [0.05, 0.1) is 27.3 Å². The van der Waals surface area contributed by atoms with Crippen LogP contribution in [0.5, 0.6) is 0 Å². The molecule has 4 rings (SSSR count). The number of nitro benzene ring substituents is 2. The van der Waals surface area contributed by atoms with E-state index in [1.165, 1.54) is 16.8 Å². The summed E-state index contributed by atoms with van der Waals surface area (Å²) in [6.45, 7) is 0. The highest BCUT2D eigenvalue weighted by Gasteiger charge is 2.24. The molecule has 10 heteroatoms. The molecule has 0 atom stereocenters. The molecule has 0 aliphatic heterocycles. The lowest BCUT2D eigenvalue weighted by Crippen LogP contribution is -2.04. The van der Waals surface area contributed by atoms with Crippen molar-refractivity contribution in [2.75, 3.05) is 0 Å². The second kappa shape index (κ2) is 8.17. The topological polar surface area (TPSA) is 104 Å². The van der Waals surface area contributed by atoms with E-state index >= 15 is 0 Å². The first kappa shape index (κ1) is 20.5. The summed E-state index contributed by atoms with van der Waals surface area (Å²) in [5.74, 6) is 0. The number of aromatic nitrogens is 2. The van der Waals surface area contributed by atoms with Gasteiger partial charge in [0.15, 0.2) is 0 Å². The molecule has 0 saturated carbocycles. The third-order valence-electron chi connectivity index (χ3n) is 4.58. The van der Waals surface area contributed by atoms with E-state index in [1.807, 2.05) is 0 Å². The number of benzene rings is 3. The molecule has 8 nitrogen and oxygen atoms in total. The molecule has 0 amide bonds. The van der Waals surface area contributed by atoms with E-state index < -0.39 is 15.5 Å². The molecule has 0 aliphatic rings. The van der Waals surface area contributed by atoms with Crippen LogP contribution in [-0.2, 0) is 0 Å². The fraction of sp³-hybridized carbons (Fsp3) is 0. The molecule has 0 bridgehead atoms. The Kier molecular flexibility index (Phi) is 5.41. The van der Waals surface area contributed by atoms with Crippen molar-refractivity contribution in [2.24, 2.45) is 0 Å². The van der Waals surface area contributed by atoms with Crippen molar-refractivity contribution in [1.29, 1.82) is 0 Å². The van der Waals surface area contributed by atoms with Gasteiger partial charge in [-0.05, 0) is 36.4 Å². The van der Waals surface area contributed by atoms with Crippen LogP contribution in [0.1, 0.15) is 0 Å². The van der Waals surface area contributed by atoms with Gasteiger partial charge < -0.3 is 0 Å². The molecule has 1 aromatic heterocycles. The lowest BCUT2D eigenvalue weighted by molar-refractivity contribution is -0.394. The monoisotopic (exact) mass is 454 g/mol. The maximum absolute atomic E-state index is 11.7. The second-order valence-electron chi connectivity index (χ2n) is 6.53. The molecule has 154 valence electrons. The molecule has 4 aromatic rings. The van der Waals surface area contributed by atoms with Crippen molar-refractivity contribution in [2.45, 2.75) is 0 Å². The summed E-state index contributed by atoms with van der Waals surface area (Å²) in [5, 5.41) is 28.4. The first-order valence-electron chi connectivity index (χ1n) is 8.88. The third kappa shape index (κ3) is 4.11. The normalized spacial score (nSPS) is 10.8. The van der Waals surface area contributed by atoms with Crippen LogP contribution in [0.25, 0.3) is 28.2 Å². The molecule has 1 heterocycles. The summed E-state index contributed by atoms with van der Waals surface area (Å²) >= 11 is 12.0. The summed E-state index contributed by atoms with van der Waals surface area (Å²) in [7, 11) is 0. The van der Waals surface area contributed by atoms with Gasteiger partial charge in [-0.15, -0.1) is 0 Å². The minimum atomic E-state index is -0.681. The molecular formula is C21H12Cl2N4O4. The smallest absolute Gasteiger partial charge is 0.258 e. The van der Waals surface area contributed by atoms with Crippen molar-refractivity contribution in [3.8, 4) is 28.2 Å². The van der Waals surface area contributed by atoms with Gasteiger partial charge in [-0.25, -0.2) is 4.68 Å². The van der Waals surface area contributed by atoms with Crippen LogP contribution in [-0.4, -0.2) is 19.6 Å². The van der Waals surface area contributed by atoms with Gasteiger partial charge in [0.25, 0.3) is 5.69 Å². The lowest BCUT2D eigenvalue weighted by Gasteiger charge is -2.08. The molecule has 0 fully saturated rings. The SMILES string of the molecule is O=[N+]([O-])c1ccc(-n2nc(-c3ccc(Cl)cc3)cc2-c2ccc(Cl)cc2)c([N+](=O)[O-])c1. The summed E-state index contributed by atoms with van der Waals surface area (Å²) in [6.07, 6.45) is 0. The summed E-state index contributed by atoms with van der Waals surface area (Å²) in [5.41, 5.74) is 1.85. The van der Waals surface area contributed by atoms with Gasteiger partial charge in [-0.3, -0.25) is 20.2 Å². The number of non-ortho nitro benzene ring substituents is 1. The Hall–Kier alpha value is -3.75. The molecule has 0 aliphatic carbocycles. The van der Waals surface area contributed by atoms with Crippen LogP contribution in [0, 0.1) is 20.2 Å². The third-order valence-corrected chi connectivity index (χ3v) is 5.09. The van der Waals surface area contributed by atoms with E-state index in [0.29, 0.717) is 27.0 Å². The minimum Gasteiger partial charge on any atom is -0.258 e. The predicted octanol–water partition coefficient (Wildman–Crippen LogP) is 6.33. The number of rotatable bonds is 5. The fourth-order valence-electron chi connectivity index (χ4n) is 3.10. The highest BCUT2D eigenvalue weighted by Crippen LogP contribution is 2.34. The summed E-state index contributed by atoms with van der Waals surface area (Å²) in [4.78, 5) is 21.4.